The summed E-state index contributed by atoms with van der Waals surface area (Å²) < 4.78 is 9.80. The fourth-order valence-corrected chi connectivity index (χ4v) is 2.44. The zero-order valence-corrected chi connectivity index (χ0v) is 15.3. The first-order valence-electron chi connectivity index (χ1n) is 8.32. The van der Waals surface area contributed by atoms with E-state index in [1.165, 1.54) is 37.3 Å². The summed E-state index contributed by atoms with van der Waals surface area (Å²) in [5.74, 6) is -2.31. The number of nitro benzene ring substituents is 1. The second kappa shape index (κ2) is 9.26. The molecule has 0 aromatic heterocycles. The van der Waals surface area contributed by atoms with Crippen LogP contribution in [0.5, 0.6) is 0 Å². The first-order valence-corrected chi connectivity index (χ1v) is 8.32. The number of rotatable bonds is 7. The highest BCUT2D eigenvalue weighted by Gasteiger charge is 2.24. The SMILES string of the molecule is CCOC(=O)c1ccccc1NC(=O)COC(=O)c1cccc(C)c1[N+](=O)[O-]. The molecule has 1 amide bonds. The van der Waals surface area contributed by atoms with E-state index in [0.717, 1.165) is 0 Å². The van der Waals surface area contributed by atoms with Gasteiger partial charge in [-0.2, -0.15) is 0 Å². The van der Waals surface area contributed by atoms with E-state index in [1.54, 1.807) is 19.1 Å². The fraction of sp³-hybridized carbons (Fsp3) is 0.211. The van der Waals surface area contributed by atoms with Crippen molar-refractivity contribution in [2.45, 2.75) is 13.8 Å². The van der Waals surface area contributed by atoms with Gasteiger partial charge >= 0.3 is 11.9 Å². The van der Waals surface area contributed by atoms with Crippen LogP contribution in [0.3, 0.4) is 0 Å². The number of esters is 2. The van der Waals surface area contributed by atoms with Crippen molar-refractivity contribution in [3.05, 3.63) is 69.3 Å². The molecule has 0 heterocycles. The van der Waals surface area contributed by atoms with Crippen LogP contribution in [0.4, 0.5) is 11.4 Å². The lowest BCUT2D eigenvalue weighted by Crippen LogP contribution is -2.22. The lowest BCUT2D eigenvalue weighted by molar-refractivity contribution is -0.385. The highest BCUT2D eigenvalue weighted by Crippen LogP contribution is 2.23. The quantitative estimate of drug-likeness (QED) is 0.440. The third-order valence-corrected chi connectivity index (χ3v) is 3.67. The number of carbonyl (C=O) groups is 3. The van der Waals surface area contributed by atoms with Gasteiger partial charge in [0.2, 0.25) is 0 Å². The third kappa shape index (κ3) is 4.91. The number of ether oxygens (including phenoxy) is 2. The van der Waals surface area contributed by atoms with Crippen LogP contribution in [0, 0.1) is 17.0 Å². The van der Waals surface area contributed by atoms with Crippen molar-refractivity contribution in [1.29, 1.82) is 0 Å². The number of hydrogen-bond acceptors (Lipinski definition) is 7. The molecule has 0 saturated heterocycles. The van der Waals surface area contributed by atoms with Gasteiger partial charge in [0.05, 0.1) is 22.8 Å². The maximum Gasteiger partial charge on any atom is 0.345 e. The monoisotopic (exact) mass is 386 g/mol. The minimum absolute atomic E-state index is 0.151. The molecule has 0 aliphatic heterocycles. The number of nitrogens with zero attached hydrogens (tertiary/aromatic N) is 1. The molecule has 0 fully saturated rings. The number of carbonyl (C=O) groups excluding carboxylic acids is 3. The molecule has 0 bridgehead atoms. The third-order valence-electron chi connectivity index (χ3n) is 3.67. The molecule has 9 heteroatoms. The van der Waals surface area contributed by atoms with Crippen LogP contribution in [-0.2, 0) is 14.3 Å². The Balaban J connectivity index is 2.06. The lowest BCUT2D eigenvalue weighted by Gasteiger charge is -2.11. The molecule has 0 unspecified atom stereocenters. The summed E-state index contributed by atoms with van der Waals surface area (Å²) in [6.45, 7) is 2.64. The summed E-state index contributed by atoms with van der Waals surface area (Å²) in [7, 11) is 0. The van der Waals surface area contributed by atoms with Crippen LogP contribution in [-0.4, -0.2) is 36.0 Å². The number of amides is 1. The standard InChI is InChI=1S/C19H18N2O7/c1-3-27-18(23)13-8-4-5-10-15(13)20-16(22)11-28-19(24)14-9-6-7-12(2)17(14)21(25)26/h4-10H,3,11H2,1-2H3,(H,20,22). The Morgan fingerprint density at radius 2 is 1.64 bits per heavy atom. The summed E-state index contributed by atoms with van der Waals surface area (Å²) in [6.07, 6.45) is 0. The maximum atomic E-state index is 12.2. The van der Waals surface area contributed by atoms with E-state index in [2.05, 4.69) is 5.32 Å². The Hall–Kier alpha value is -3.75. The van der Waals surface area contributed by atoms with E-state index in [4.69, 9.17) is 9.47 Å². The number of para-hydroxylation sites is 2. The zero-order valence-electron chi connectivity index (χ0n) is 15.3. The molecular formula is C19H18N2O7. The Morgan fingerprint density at radius 1 is 1.00 bits per heavy atom. The molecule has 1 N–H and O–H groups in total. The largest absolute Gasteiger partial charge is 0.462 e. The van der Waals surface area contributed by atoms with Crippen LogP contribution in [0.25, 0.3) is 0 Å². The number of nitrogens with one attached hydrogen (secondary N) is 1. The average molecular weight is 386 g/mol. The van der Waals surface area contributed by atoms with Crippen LogP contribution < -0.4 is 5.32 Å². The van der Waals surface area contributed by atoms with Gasteiger partial charge in [0.1, 0.15) is 5.56 Å². The minimum Gasteiger partial charge on any atom is -0.462 e. The minimum atomic E-state index is -0.996. The first-order chi connectivity index (χ1) is 13.3. The van der Waals surface area contributed by atoms with Crippen molar-refractivity contribution in [2.24, 2.45) is 0 Å². The zero-order chi connectivity index (χ0) is 20.7. The second-order valence-electron chi connectivity index (χ2n) is 5.62. The highest BCUT2D eigenvalue weighted by atomic mass is 16.6. The van der Waals surface area contributed by atoms with Gasteiger partial charge < -0.3 is 14.8 Å². The Labute approximate surface area is 160 Å². The first kappa shape index (κ1) is 20.6. The molecule has 2 aromatic rings. The Bertz CT molecular complexity index is 924. The van der Waals surface area contributed by atoms with Crippen LogP contribution in [0.1, 0.15) is 33.2 Å². The van der Waals surface area contributed by atoms with Crippen LogP contribution in [0.15, 0.2) is 42.5 Å². The normalized spacial score (nSPS) is 10.1. The van der Waals surface area contributed by atoms with E-state index in [1.807, 2.05) is 0 Å². The molecule has 146 valence electrons. The van der Waals surface area contributed by atoms with Crippen LogP contribution in [0.2, 0.25) is 0 Å². The summed E-state index contributed by atoms with van der Waals surface area (Å²) in [6, 6.07) is 10.4. The molecular weight excluding hydrogens is 368 g/mol. The lowest BCUT2D eigenvalue weighted by atomic mass is 10.1. The number of hydrogen-bond donors (Lipinski definition) is 1. The van der Waals surface area contributed by atoms with E-state index >= 15 is 0 Å². The predicted molar refractivity (Wildman–Crippen MR) is 99.1 cm³/mol. The van der Waals surface area contributed by atoms with Crippen molar-refractivity contribution in [3.8, 4) is 0 Å². The maximum absolute atomic E-state index is 12.2. The van der Waals surface area contributed by atoms with Crippen molar-refractivity contribution < 1.29 is 28.8 Å². The van der Waals surface area contributed by atoms with E-state index in [-0.39, 0.29) is 29.1 Å². The molecule has 0 radical (unpaired) electrons. The van der Waals surface area contributed by atoms with Gasteiger partial charge in [-0.15, -0.1) is 0 Å². The molecule has 0 aliphatic rings. The molecule has 9 nitrogen and oxygen atoms in total. The van der Waals surface area contributed by atoms with Crippen molar-refractivity contribution in [1.82, 2.24) is 0 Å². The van der Waals surface area contributed by atoms with Crippen molar-refractivity contribution >= 4 is 29.2 Å². The summed E-state index contributed by atoms with van der Waals surface area (Å²) in [5, 5.41) is 13.6. The molecule has 0 aliphatic carbocycles. The van der Waals surface area contributed by atoms with Crippen LogP contribution >= 0.6 is 0 Å². The van der Waals surface area contributed by atoms with E-state index in [0.29, 0.717) is 5.56 Å². The molecule has 0 spiro atoms. The number of anilines is 1. The molecule has 28 heavy (non-hydrogen) atoms. The van der Waals surface area contributed by atoms with Gasteiger partial charge in [-0.05, 0) is 32.0 Å². The summed E-state index contributed by atoms with van der Waals surface area (Å²) >= 11 is 0. The summed E-state index contributed by atoms with van der Waals surface area (Å²) in [4.78, 5) is 46.6. The Morgan fingerprint density at radius 3 is 2.32 bits per heavy atom. The van der Waals surface area contributed by atoms with Gasteiger partial charge in [0, 0.05) is 5.56 Å². The number of benzene rings is 2. The van der Waals surface area contributed by atoms with Gasteiger partial charge in [0.15, 0.2) is 6.61 Å². The highest BCUT2D eigenvalue weighted by molar-refractivity contribution is 6.02. The Kier molecular flexibility index (Phi) is 6.80. The average Bonchev–Trinajstić information content (AvgIpc) is 2.66. The van der Waals surface area contributed by atoms with Gasteiger partial charge in [0.25, 0.3) is 11.6 Å². The fourth-order valence-electron chi connectivity index (χ4n) is 2.44. The van der Waals surface area contributed by atoms with Crippen molar-refractivity contribution in [2.75, 3.05) is 18.5 Å². The molecule has 2 aromatic carbocycles. The van der Waals surface area contributed by atoms with Gasteiger partial charge in [-0.25, -0.2) is 9.59 Å². The van der Waals surface area contributed by atoms with Gasteiger partial charge in [-0.3, -0.25) is 14.9 Å². The smallest absolute Gasteiger partial charge is 0.345 e. The van der Waals surface area contributed by atoms with E-state index < -0.39 is 29.4 Å². The number of nitro groups is 1. The topological polar surface area (TPSA) is 125 Å². The van der Waals surface area contributed by atoms with E-state index in [9.17, 15) is 24.5 Å². The summed E-state index contributed by atoms with van der Waals surface area (Å²) in [5.41, 5.74) is 0.0273. The second-order valence-corrected chi connectivity index (χ2v) is 5.62. The molecule has 0 atom stereocenters. The molecule has 0 saturated carbocycles. The predicted octanol–water partition coefficient (Wildman–Crippen LogP) is 2.88. The van der Waals surface area contributed by atoms with Gasteiger partial charge in [-0.1, -0.05) is 24.3 Å². The number of aryl methyl sites for hydroxylation is 1. The molecule has 2 rings (SSSR count). The van der Waals surface area contributed by atoms with Crippen molar-refractivity contribution in [3.63, 3.8) is 0 Å².